The molecule has 1 aromatic carbocycles. The fourth-order valence-electron chi connectivity index (χ4n) is 2.66. The minimum absolute atomic E-state index is 0.375. The van der Waals surface area contributed by atoms with Crippen molar-refractivity contribution in [2.45, 2.75) is 38.1 Å². The number of hydrogen-bond acceptors (Lipinski definition) is 4. The van der Waals surface area contributed by atoms with E-state index in [4.69, 9.17) is 0 Å². The van der Waals surface area contributed by atoms with E-state index in [2.05, 4.69) is 40.1 Å². The molecule has 0 aliphatic rings. The predicted octanol–water partition coefficient (Wildman–Crippen LogP) is 3.32. The largest absolute Gasteiger partial charge is 0.357 e. The van der Waals surface area contributed by atoms with Crippen LogP contribution in [0.1, 0.15) is 35.8 Å². The number of sulfone groups is 1. The molecule has 0 spiro atoms. The van der Waals surface area contributed by atoms with Gasteiger partial charge in [0.2, 0.25) is 0 Å². The zero-order chi connectivity index (χ0) is 19.2. The molecule has 0 aliphatic carbocycles. The minimum Gasteiger partial charge on any atom is -0.357 e. The Balaban J connectivity index is 2.03. The molecule has 26 heavy (non-hydrogen) atoms. The van der Waals surface area contributed by atoms with E-state index in [0.717, 1.165) is 30.2 Å². The molecule has 7 heteroatoms. The highest BCUT2D eigenvalue weighted by atomic mass is 32.2. The second-order valence-corrected chi connectivity index (χ2v) is 9.33. The van der Waals surface area contributed by atoms with Crippen LogP contribution in [0, 0.1) is 6.92 Å². The van der Waals surface area contributed by atoms with E-state index in [0.29, 0.717) is 17.4 Å². The Hall–Kier alpha value is -1.86. The number of hydrogen-bond donors (Lipinski definition) is 2. The van der Waals surface area contributed by atoms with E-state index in [1.54, 1.807) is 17.4 Å². The molecule has 0 fully saturated rings. The van der Waals surface area contributed by atoms with E-state index < -0.39 is 9.84 Å². The number of aliphatic imine (C=N–C) groups is 1. The van der Waals surface area contributed by atoms with Crippen LogP contribution >= 0.6 is 11.3 Å². The van der Waals surface area contributed by atoms with Crippen molar-refractivity contribution in [2.24, 2.45) is 4.99 Å². The molecule has 2 N–H and O–H groups in total. The number of nitrogens with one attached hydrogen (secondary N) is 2. The molecule has 0 aliphatic heterocycles. The lowest BCUT2D eigenvalue weighted by Crippen LogP contribution is -2.39. The molecule has 1 atom stereocenters. The maximum absolute atomic E-state index is 11.7. The number of benzene rings is 1. The molecule has 0 saturated heterocycles. The molecule has 2 rings (SSSR count). The Kier molecular flexibility index (Phi) is 7.23. The summed E-state index contributed by atoms with van der Waals surface area (Å²) >= 11 is 1.76. The zero-order valence-corrected chi connectivity index (χ0v) is 17.4. The quantitative estimate of drug-likeness (QED) is 0.559. The minimum atomic E-state index is -3.19. The van der Waals surface area contributed by atoms with Gasteiger partial charge >= 0.3 is 0 Å². The van der Waals surface area contributed by atoms with Crippen LogP contribution in [0.4, 0.5) is 0 Å². The molecule has 1 unspecified atom stereocenters. The molecule has 0 bridgehead atoms. The Morgan fingerprint density at radius 2 is 2.04 bits per heavy atom. The molecule has 2 aromatic rings. The molecule has 0 saturated carbocycles. The van der Waals surface area contributed by atoms with E-state index in [-0.39, 0.29) is 0 Å². The molecule has 5 nitrogen and oxygen atoms in total. The third-order valence-electron chi connectivity index (χ3n) is 4.01. The van der Waals surface area contributed by atoms with Crippen LogP contribution in [0.25, 0.3) is 0 Å². The number of rotatable bonds is 7. The summed E-state index contributed by atoms with van der Waals surface area (Å²) in [4.78, 5) is 6.34. The predicted molar refractivity (Wildman–Crippen MR) is 110 cm³/mol. The van der Waals surface area contributed by atoms with Gasteiger partial charge in [0.1, 0.15) is 0 Å². The molecular weight excluding hydrogens is 366 g/mol. The number of nitrogens with zero attached hydrogens (tertiary/aromatic N) is 1. The van der Waals surface area contributed by atoms with Crippen LogP contribution in [-0.2, 0) is 16.4 Å². The first-order valence-electron chi connectivity index (χ1n) is 8.66. The number of thiophene rings is 1. The third-order valence-corrected chi connectivity index (χ3v) is 6.37. The van der Waals surface area contributed by atoms with Crippen molar-refractivity contribution in [3.05, 3.63) is 51.7 Å². The van der Waals surface area contributed by atoms with Gasteiger partial charge in [0.05, 0.1) is 11.4 Å². The zero-order valence-electron chi connectivity index (χ0n) is 15.7. The van der Waals surface area contributed by atoms with Crippen molar-refractivity contribution < 1.29 is 8.42 Å². The monoisotopic (exact) mass is 393 g/mol. The van der Waals surface area contributed by atoms with Crippen molar-refractivity contribution in [1.82, 2.24) is 10.6 Å². The average molecular weight is 394 g/mol. The number of aryl methyl sites for hydroxylation is 1. The fraction of sp³-hybridized carbons (Fsp3) is 0.421. The van der Waals surface area contributed by atoms with Crippen LogP contribution in [0.3, 0.4) is 0 Å². The van der Waals surface area contributed by atoms with Gasteiger partial charge in [-0.2, -0.15) is 0 Å². The molecule has 1 aromatic heterocycles. The summed E-state index contributed by atoms with van der Waals surface area (Å²) < 4.78 is 23.4. The first-order valence-corrected chi connectivity index (χ1v) is 11.4. The van der Waals surface area contributed by atoms with Crippen LogP contribution in [0.5, 0.6) is 0 Å². The summed E-state index contributed by atoms with van der Waals surface area (Å²) in [6.07, 6.45) is 1.23. The summed E-state index contributed by atoms with van der Waals surface area (Å²) in [6, 6.07) is 9.59. The third kappa shape index (κ3) is 5.85. The standard InChI is InChI=1S/C19H27N3O2S2/c1-5-20-19(21-12-15(3)17-7-6-10-25-17)22-13-16-8-9-18(14(2)11-16)26(4,23)24/h6-11,15H,5,12-13H2,1-4H3,(H2,20,21,22). The Bertz CT molecular complexity index is 844. The van der Waals surface area contributed by atoms with Crippen LogP contribution in [0.15, 0.2) is 45.6 Å². The summed E-state index contributed by atoms with van der Waals surface area (Å²) in [5.41, 5.74) is 1.74. The van der Waals surface area contributed by atoms with Crippen molar-refractivity contribution in [2.75, 3.05) is 19.3 Å². The molecule has 0 amide bonds. The topological polar surface area (TPSA) is 70.6 Å². The lowest BCUT2D eigenvalue weighted by atomic mass is 10.1. The smallest absolute Gasteiger partial charge is 0.191 e. The summed E-state index contributed by atoms with van der Waals surface area (Å²) in [7, 11) is -3.19. The van der Waals surface area contributed by atoms with Crippen molar-refractivity contribution >= 4 is 27.1 Å². The summed E-state index contributed by atoms with van der Waals surface area (Å²) in [5, 5.41) is 8.72. The second-order valence-electron chi connectivity index (χ2n) is 6.36. The van der Waals surface area contributed by atoms with E-state index in [9.17, 15) is 8.42 Å². The van der Waals surface area contributed by atoms with Gasteiger partial charge in [-0.25, -0.2) is 13.4 Å². The van der Waals surface area contributed by atoms with Gasteiger partial charge in [0, 0.05) is 30.1 Å². The van der Waals surface area contributed by atoms with Gasteiger partial charge in [-0.15, -0.1) is 11.3 Å². The molecule has 0 radical (unpaired) electrons. The van der Waals surface area contributed by atoms with E-state index in [1.165, 1.54) is 11.1 Å². The first-order chi connectivity index (χ1) is 12.3. The number of guanidine groups is 1. The van der Waals surface area contributed by atoms with E-state index in [1.807, 2.05) is 26.0 Å². The van der Waals surface area contributed by atoms with Crippen LogP contribution < -0.4 is 10.6 Å². The highest BCUT2D eigenvalue weighted by molar-refractivity contribution is 7.90. The van der Waals surface area contributed by atoms with Gasteiger partial charge in [-0.05, 0) is 42.5 Å². The second kappa shape index (κ2) is 9.19. The van der Waals surface area contributed by atoms with Crippen molar-refractivity contribution in [3.8, 4) is 0 Å². The molecule has 1 heterocycles. The average Bonchev–Trinajstić information content (AvgIpc) is 3.10. The Labute approximate surface area is 160 Å². The normalized spacial score (nSPS) is 13.5. The summed E-state index contributed by atoms with van der Waals surface area (Å²) in [5.74, 6) is 1.18. The van der Waals surface area contributed by atoms with Crippen molar-refractivity contribution in [1.29, 1.82) is 0 Å². The highest BCUT2D eigenvalue weighted by Crippen LogP contribution is 2.20. The lowest BCUT2D eigenvalue weighted by Gasteiger charge is -2.15. The van der Waals surface area contributed by atoms with E-state index >= 15 is 0 Å². The van der Waals surface area contributed by atoms with Gasteiger partial charge in [0.25, 0.3) is 0 Å². The van der Waals surface area contributed by atoms with Crippen molar-refractivity contribution in [3.63, 3.8) is 0 Å². The Morgan fingerprint density at radius 1 is 1.27 bits per heavy atom. The first kappa shape index (κ1) is 20.5. The SMILES string of the molecule is CCNC(=NCc1ccc(S(C)(=O)=O)c(C)c1)NCC(C)c1cccs1. The van der Waals surface area contributed by atoms with Crippen LogP contribution in [0.2, 0.25) is 0 Å². The van der Waals surface area contributed by atoms with Gasteiger partial charge in [0.15, 0.2) is 15.8 Å². The highest BCUT2D eigenvalue weighted by Gasteiger charge is 2.11. The van der Waals surface area contributed by atoms with Crippen LogP contribution in [-0.4, -0.2) is 33.7 Å². The van der Waals surface area contributed by atoms with Gasteiger partial charge in [-0.1, -0.05) is 25.1 Å². The molecular formula is C19H27N3O2S2. The summed E-state index contributed by atoms with van der Waals surface area (Å²) in [6.45, 7) is 8.12. The maximum Gasteiger partial charge on any atom is 0.191 e. The van der Waals surface area contributed by atoms with Gasteiger partial charge < -0.3 is 10.6 Å². The molecule has 142 valence electrons. The van der Waals surface area contributed by atoms with Gasteiger partial charge in [-0.3, -0.25) is 0 Å². The maximum atomic E-state index is 11.7. The Morgan fingerprint density at radius 3 is 2.62 bits per heavy atom. The fourth-order valence-corrected chi connectivity index (χ4v) is 4.41. The lowest BCUT2D eigenvalue weighted by molar-refractivity contribution is 0.601.